The number of carboxylic acid groups (broad SMARTS) is 1. The van der Waals surface area contributed by atoms with Gasteiger partial charge in [0.1, 0.15) is 17.5 Å². The Morgan fingerprint density at radius 1 is 1.32 bits per heavy atom. The summed E-state index contributed by atoms with van der Waals surface area (Å²) in [5.74, 6) is -1.33. The number of benzene rings is 1. The summed E-state index contributed by atoms with van der Waals surface area (Å²) in [7, 11) is 0. The Hall–Kier alpha value is -2.15. The van der Waals surface area contributed by atoms with Crippen LogP contribution in [0.5, 0.6) is 0 Å². The van der Waals surface area contributed by atoms with Gasteiger partial charge >= 0.3 is 5.97 Å². The lowest BCUT2D eigenvalue weighted by Crippen LogP contribution is -2.11. The molecule has 0 aliphatic rings. The Morgan fingerprint density at radius 3 is 2.60 bits per heavy atom. The molecule has 25 heavy (non-hydrogen) atoms. The zero-order chi connectivity index (χ0) is 18.4. The molecule has 0 unspecified atom stereocenters. The third-order valence-electron chi connectivity index (χ3n) is 3.32. The minimum atomic E-state index is -0.918. The van der Waals surface area contributed by atoms with Crippen molar-refractivity contribution in [2.75, 3.05) is 11.1 Å². The maximum absolute atomic E-state index is 14.4. The molecule has 2 aromatic rings. The van der Waals surface area contributed by atoms with Gasteiger partial charge in [0.25, 0.3) is 0 Å². The van der Waals surface area contributed by atoms with Crippen molar-refractivity contribution in [2.45, 2.75) is 37.6 Å². The van der Waals surface area contributed by atoms with Crippen LogP contribution in [0, 0.1) is 11.6 Å². The Balaban J connectivity index is 2.23. The number of pyridine rings is 1. The number of halogens is 2. The highest BCUT2D eigenvalue weighted by Gasteiger charge is 2.15. The van der Waals surface area contributed by atoms with Gasteiger partial charge in [0.05, 0.1) is 4.90 Å². The van der Waals surface area contributed by atoms with E-state index in [1.165, 1.54) is 12.1 Å². The first-order chi connectivity index (χ1) is 11.9. The van der Waals surface area contributed by atoms with Gasteiger partial charge in [-0.15, -0.1) is 11.8 Å². The van der Waals surface area contributed by atoms with Crippen molar-refractivity contribution in [3.8, 4) is 11.1 Å². The van der Waals surface area contributed by atoms with Crippen LogP contribution in [0.1, 0.15) is 26.7 Å². The van der Waals surface area contributed by atoms with Gasteiger partial charge in [0.15, 0.2) is 0 Å². The molecule has 0 spiro atoms. The molecule has 0 saturated carbocycles. The highest BCUT2D eigenvalue weighted by atomic mass is 32.2. The maximum Gasteiger partial charge on any atom is 0.303 e. The van der Waals surface area contributed by atoms with E-state index in [9.17, 15) is 13.6 Å². The van der Waals surface area contributed by atoms with Crippen LogP contribution < -0.4 is 5.32 Å². The second kappa shape index (κ2) is 8.80. The Labute approximate surface area is 149 Å². The molecule has 7 heteroatoms. The Morgan fingerprint density at radius 2 is 2.00 bits per heavy atom. The molecule has 0 aliphatic heterocycles. The van der Waals surface area contributed by atoms with Crippen molar-refractivity contribution in [3.05, 3.63) is 42.1 Å². The summed E-state index contributed by atoms with van der Waals surface area (Å²) in [4.78, 5) is 14.6. The lowest BCUT2D eigenvalue weighted by atomic mass is 10.1. The third kappa shape index (κ3) is 5.42. The maximum atomic E-state index is 14.4. The van der Waals surface area contributed by atoms with Gasteiger partial charge in [-0.2, -0.15) is 0 Å². The van der Waals surface area contributed by atoms with E-state index in [0.717, 1.165) is 11.8 Å². The standard InChI is InChI=1S/C18H20F2N2O2S/c1-11(2)22-18-13(5-3-7-21-18)12-9-14(19)17(15(20)10-12)25-8-4-6-16(23)24/h3,5,7,9-11H,4,6,8H2,1-2H3,(H,21,22)(H,23,24). The zero-order valence-corrected chi connectivity index (χ0v) is 14.9. The van der Waals surface area contributed by atoms with E-state index in [2.05, 4.69) is 10.3 Å². The summed E-state index contributed by atoms with van der Waals surface area (Å²) in [6, 6.07) is 6.17. The lowest BCUT2D eigenvalue weighted by Gasteiger charge is -2.14. The van der Waals surface area contributed by atoms with Crippen LogP contribution in [0.3, 0.4) is 0 Å². The molecule has 0 amide bonds. The number of nitrogens with one attached hydrogen (secondary N) is 1. The number of carboxylic acids is 1. The second-order valence-corrected chi connectivity index (χ2v) is 6.92. The predicted octanol–water partition coefficient (Wildman–Crippen LogP) is 4.80. The molecule has 0 atom stereocenters. The van der Waals surface area contributed by atoms with Crippen LogP contribution in [0.15, 0.2) is 35.4 Å². The molecule has 0 bridgehead atoms. The number of aromatic nitrogens is 1. The summed E-state index contributed by atoms with van der Waals surface area (Å²) in [6.07, 6.45) is 1.95. The van der Waals surface area contributed by atoms with Crippen LogP contribution in [-0.4, -0.2) is 27.9 Å². The fourth-order valence-corrected chi connectivity index (χ4v) is 3.16. The molecule has 0 saturated heterocycles. The quantitative estimate of drug-likeness (QED) is 0.519. The number of thioether (sulfide) groups is 1. The van der Waals surface area contributed by atoms with Crippen molar-refractivity contribution < 1.29 is 18.7 Å². The van der Waals surface area contributed by atoms with Crippen molar-refractivity contribution >= 4 is 23.5 Å². The molecule has 4 nitrogen and oxygen atoms in total. The smallest absolute Gasteiger partial charge is 0.303 e. The largest absolute Gasteiger partial charge is 0.481 e. The number of aliphatic carboxylic acids is 1. The average Bonchev–Trinajstić information content (AvgIpc) is 2.53. The average molecular weight is 366 g/mol. The highest BCUT2D eigenvalue weighted by molar-refractivity contribution is 7.99. The normalized spacial score (nSPS) is 10.9. The number of rotatable bonds is 8. The molecule has 0 radical (unpaired) electrons. The van der Waals surface area contributed by atoms with Crippen LogP contribution in [0.4, 0.5) is 14.6 Å². The summed E-state index contributed by atoms with van der Waals surface area (Å²) in [6.45, 7) is 3.91. The summed E-state index contributed by atoms with van der Waals surface area (Å²) in [5.41, 5.74) is 1.03. The van der Waals surface area contributed by atoms with Gasteiger partial charge in [0, 0.05) is 24.2 Å². The van der Waals surface area contributed by atoms with Crippen molar-refractivity contribution in [1.29, 1.82) is 0 Å². The molecule has 1 aromatic carbocycles. The third-order valence-corrected chi connectivity index (χ3v) is 4.50. The van der Waals surface area contributed by atoms with E-state index in [-0.39, 0.29) is 17.4 Å². The summed E-state index contributed by atoms with van der Waals surface area (Å²) < 4.78 is 28.7. The Kier molecular flexibility index (Phi) is 6.75. The first-order valence-electron chi connectivity index (χ1n) is 7.94. The Bertz CT molecular complexity index is 731. The van der Waals surface area contributed by atoms with Crippen molar-refractivity contribution in [1.82, 2.24) is 4.98 Å². The van der Waals surface area contributed by atoms with Crippen LogP contribution in [-0.2, 0) is 4.79 Å². The molecule has 1 heterocycles. The monoisotopic (exact) mass is 366 g/mol. The second-order valence-electron chi connectivity index (χ2n) is 5.81. The molecule has 0 fully saturated rings. The summed E-state index contributed by atoms with van der Waals surface area (Å²) in [5, 5.41) is 11.8. The molecule has 134 valence electrons. The number of hydrogen-bond donors (Lipinski definition) is 2. The fraction of sp³-hybridized carbons (Fsp3) is 0.333. The van der Waals surface area contributed by atoms with Crippen molar-refractivity contribution in [3.63, 3.8) is 0 Å². The van der Waals surface area contributed by atoms with Crippen LogP contribution in [0.2, 0.25) is 0 Å². The van der Waals surface area contributed by atoms with Gasteiger partial charge in [-0.1, -0.05) is 0 Å². The van der Waals surface area contributed by atoms with E-state index >= 15 is 0 Å². The molecular weight excluding hydrogens is 346 g/mol. The number of hydrogen-bond acceptors (Lipinski definition) is 4. The molecular formula is C18H20F2N2O2S. The minimum absolute atomic E-state index is 0.0196. The van der Waals surface area contributed by atoms with Gasteiger partial charge in [0.2, 0.25) is 0 Å². The van der Waals surface area contributed by atoms with E-state index in [0.29, 0.717) is 29.1 Å². The van der Waals surface area contributed by atoms with Crippen LogP contribution in [0.25, 0.3) is 11.1 Å². The lowest BCUT2D eigenvalue weighted by molar-refractivity contribution is -0.137. The molecule has 2 N–H and O–H groups in total. The fourth-order valence-electron chi connectivity index (χ4n) is 2.28. The van der Waals surface area contributed by atoms with Gasteiger partial charge < -0.3 is 10.4 Å². The number of carbonyl (C=O) groups is 1. The zero-order valence-electron chi connectivity index (χ0n) is 14.1. The first-order valence-corrected chi connectivity index (χ1v) is 8.92. The van der Waals surface area contributed by atoms with Gasteiger partial charge in [-0.3, -0.25) is 4.79 Å². The van der Waals surface area contributed by atoms with E-state index in [4.69, 9.17) is 5.11 Å². The molecule has 1 aromatic heterocycles. The predicted molar refractivity (Wildman–Crippen MR) is 95.9 cm³/mol. The van der Waals surface area contributed by atoms with Crippen LogP contribution >= 0.6 is 11.8 Å². The summed E-state index contributed by atoms with van der Waals surface area (Å²) >= 11 is 0.990. The van der Waals surface area contributed by atoms with Gasteiger partial charge in [-0.05, 0) is 55.9 Å². The topological polar surface area (TPSA) is 62.2 Å². The SMILES string of the molecule is CC(C)Nc1ncccc1-c1cc(F)c(SCCCC(=O)O)c(F)c1. The molecule has 0 aliphatic carbocycles. The van der Waals surface area contributed by atoms with Crippen molar-refractivity contribution in [2.24, 2.45) is 0 Å². The number of anilines is 1. The van der Waals surface area contributed by atoms with Gasteiger partial charge in [-0.25, -0.2) is 13.8 Å². The van der Waals surface area contributed by atoms with E-state index in [1.54, 1.807) is 18.3 Å². The highest BCUT2D eigenvalue weighted by Crippen LogP contribution is 2.33. The molecule has 2 rings (SSSR count). The first kappa shape index (κ1) is 19.2. The van der Waals surface area contributed by atoms with E-state index < -0.39 is 17.6 Å². The van der Waals surface area contributed by atoms with E-state index in [1.807, 2.05) is 13.8 Å². The number of nitrogens with zero attached hydrogens (tertiary/aromatic N) is 1. The minimum Gasteiger partial charge on any atom is -0.481 e.